The second kappa shape index (κ2) is 10.2. The smallest absolute Gasteiger partial charge is 0.422 e. The molecule has 0 aromatic heterocycles. The summed E-state index contributed by atoms with van der Waals surface area (Å²) >= 11 is 0. The van der Waals surface area contributed by atoms with Gasteiger partial charge in [-0.15, -0.1) is 0 Å². The van der Waals surface area contributed by atoms with Crippen LogP contribution in [0.4, 0.5) is 35.1 Å². The Morgan fingerprint density at radius 1 is 0.967 bits per heavy atom. The highest BCUT2D eigenvalue weighted by atomic mass is 19.3. The van der Waals surface area contributed by atoms with Gasteiger partial charge in [-0.3, -0.25) is 0 Å². The van der Waals surface area contributed by atoms with Crippen molar-refractivity contribution in [3.05, 3.63) is 29.3 Å². The largest absolute Gasteiger partial charge is 0.461 e. The van der Waals surface area contributed by atoms with E-state index in [1.165, 1.54) is 0 Å². The standard InChI is InChI=1S/C21H26F8O/c1-2-3-4-5-13-6-8-15(9-7-13)20(26,27)12-14-10-16(22)18(17(23)11-14)30-21(28,29)19(24)25/h10-11,13,15,19H,2-9,12H2,1H3. The molecule has 9 heteroatoms. The molecule has 172 valence electrons. The average molecular weight is 446 g/mol. The number of hydrogen-bond donors (Lipinski definition) is 0. The van der Waals surface area contributed by atoms with Crippen LogP contribution in [0.1, 0.15) is 63.9 Å². The summed E-state index contributed by atoms with van der Waals surface area (Å²) in [6, 6.07) is 0.842. The van der Waals surface area contributed by atoms with Crippen molar-refractivity contribution < 1.29 is 39.9 Å². The molecule has 0 unspecified atom stereocenters. The molecule has 30 heavy (non-hydrogen) atoms. The third kappa shape index (κ3) is 6.48. The van der Waals surface area contributed by atoms with E-state index in [9.17, 15) is 35.1 Å². The Morgan fingerprint density at radius 2 is 1.53 bits per heavy atom. The second-order valence-electron chi connectivity index (χ2n) is 8.00. The molecular formula is C21H26F8O. The lowest BCUT2D eigenvalue weighted by Gasteiger charge is -2.34. The molecule has 0 aliphatic heterocycles. The zero-order valence-electron chi connectivity index (χ0n) is 16.7. The highest BCUT2D eigenvalue weighted by Crippen LogP contribution is 2.42. The number of unbranched alkanes of at least 4 members (excludes halogenated alkanes) is 2. The van der Waals surface area contributed by atoms with E-state index in [4.69, 9.17) is 0 Å². The molecule has 0 heterocycles. The van der Waals surface area contributed by atoms with Gasteiger partial charge in [0.2, 0.25) is 0 Å². The number of benzene rings is 1. The Morgan fingerprint density at radius 3 is 2.03 bits per heavy atom. The first-order chi connectivity index (χ1) is 14.0. The van der Waals surface area contributed by atoms with Crippen LogP contribution in [0.2, 0.25) is 0 Å². The fraction of sp³-hybridized carbons (Fsp3) is 0.714. The molecular weight excluding hydrogens is 420 g/mol. The second-order valence-corrected chi connectivity index (χ2v) is 8.00. The van der Waals surface area contributed by atoms with Crippen molar-refractivity contribution in [3.63, 3.8) is 0 Å². The Bertz CT molecular complexity index is 661. The molecule has 0 spiro atoms. The summed E-state index contributed by atoms with van der Waals surface area (Å²) < 4.78 is 111. The maximum Gasteiger partial charge on any atom is 0.461 e. The Labute approximate surface area is 170 Å². The quantitative estimate of drug-likeness (QED) is 0.264. The molecule has 1 aromatic carbocycles. The molecule has 1 fully saturated rings. The lowest BCUT2D eigenvalue weighted by Crippen LogP contribution is -2.35. The van der Waals surface area contributed by atoms with Gasteiger partial charge in [-0.1, -0.05) is 32.6 Å². The lowest BCUT2D eigenvalue weighted by atomic mass is 9.76. The molecule has 0 amide bonds. The van der Waals surface area contributed by atoms with E-state index < -0.39 is 53.7 Å². The van der Waals surface area contributed by atoms with E-state index >= 15 is 0 Å². The summed E-state index contributed by atoms with van der Waals surface area (Å²) in [4.78, 5) is 0. The molecule has 0 atom stereocenters. The van der Waals surface area contributed by atoms with Crippen LogP contribution in [0.15, 0.2) is 12.1 Å². The van der Waals surface area contributed by atoms with Crippen LogP contribution in [0, 0.1) is 23.5 Å². The first kappa shape index (κ1) is 24.7. The minimum absolute atomic E-state index is 0.302. The topological polar surface area (TPSA) is 9.23 Å². The summed E-state index contributed by atoms with van der Waals surface area (Å²) in [5.74, 6) is -8.96. The van der Waals surface area contributed by atoms with Gasteiger partial charge in [-0.05, 0) is 49.3 Å². The van der Waals surface area contributed by atoms with Crippen molar-refractivity contribution in [1.82, 2.24) is 0 Å². The van der Waals surface area contributed by atoms with Crippen molar-refractivity contribution in [2.75, 3.05) is 0 Å². The van der Waals surface area contributed by atoms with Gasteiger partial charge in [-0.25, -0.2) is 17.6 Å². The van der Waals surface area contributed by atoms with Crippen LogP contribution in [-0.2, 0) is 6.42 Å². The van der Waals surface area contributed by atoms with Crippen LogP contribution in [0.5, 0.6) is 5.75 Å². The van der Waals surface area contributed by atoms with Gasteiger partial charge in [0.05, 0.1) is 0 Å². The molecule has 2 rings (SSSR count). The van der Waals surface area contributed by atoms with E-state index in [0.29, 0.717) is 43.7 Å². The minimum atomic E-state index is -5.11. The number of hydrogen-bond acceptors (Lipinski definition) is 1. The molecule has 0 N–H and O–H groups in total. The van der Waals surface area contributed by atoms with E-state index in [-0.39, 0.29) is 0 Å². The zero-order valence-corrected chi connectivity index (χ0v) is 16.7. The normalized spacial score (nSPS) is 20.6. The molecule has 1 aliphatic carbocycles. The van der Waals surface area contributed by atoms with Crippen molar-refractivity contribution >= 4 is 0 Å². The zero-order chi connectivity index (χ0) is 22.5. The molecule has 0 bridgehead atoms. The summed E-state index contributed by atoms with van der Waals surface area (Å²) in [6.07, 6.45) is -4.18. The first-order valence-corrected chi connectivity index (χ1v) is 10.2. The third-order valence-electron chi connectivity index (χ3n) is 5.65. The van der Waals surface area contributed by atoms with Crippen LogP contribution < -0.4 is 4.74 Å². The summed E-state index contributed by atoms with van der Waals surface area (Å²) in [6.45, 7) is 2.09. The summed E-state index contributed by atoms with van der Waals surface area (Å²) in [5, 5.41) is 0. The van der Waals surface area contributed by atoms with E-state index in [2.05, 4.69) is 11.7 Å². The van der Waals surface area contributed by atoms with E-state index in [1.54, 1.807) is 0 Å². The molecule has 0 saturated heterocycles. The van der Waals surface area contributed by atoms with Gasteiger partial charge in [0, 0.05) is 12.3 Å². The van der Waals surface area contributed by atoms with Crippen LogP contribution in [0.25, 0.3) is 0 Å². The highest BCUT2D eigenvalue weighted by molar-refractivity contribution is 5.32. The van der Waals surface area contributed by atoms with Gasteiger partial charge >= 0.3 is 12.5 Å². The van der Waals surface area contributed by atoms with Crippen LogP contribution in [0.3, 0.4) is 0 Å². The van der Waals surface area contributed by atoms with Gasteiger partial charge in [0.15, 0.2) is 17.4 Å². The maximum atomic E-state index is 14.7. The van der Waals surface area contributed by atoms with Crippen molar-refractivity contribution in [1.29, 1.82) is 0 Å². The van der Waals surface area contributed by atoms with E-state index in [1.807, 2.05) is 0 Å². The SMILES string of the molecule is CCCCCC1CCC(C(F)(F)Cc2cc(F)c(OC(F)(F)C(F)F)c(F)c2)CC1. The minimum Gasteiger partial charge on any atom is -0.422 e. The average Bonchev–Trinajstić information content (AvgIpc) is 2.65. The number of alkyl halides is 6. The predicted molar refractivity (Wildman–Crippen MR) is 96.2 cm³/mol. The highest BCUT2D eigenvalue weighted by Gasteiger charge is 2.46. The monoisotopic (exact) mass is 446 g/mol. The molecule has 1 aromatic rings. The van der Waals surface area contributed by atoms with Gasteiger partial charge < -0.3 is 4.74 Å². The van der Waals surface area contributed by atoms with Crippen LogP contribution in [-0.4, -0.2) is 18.5 Å². The maximum absolute atomic E-state index is 14.7. The van der Waals surface area contributed by atoms with Gasteiger partial charge in [-0.2, -0.15) is 17.6 Å². The molecule has 1 nitrogen and oxygen atoms in total. The number of ether oxygens (including phenoxy) is 1. The summed E-state index contributed by atoms with van der Waals surface area (Å²) in [5.41, 5.74) is -0.451. The van der Waals surface area contributed by atoms with Crippen molar-refractivity contribution in [2.24, 2.45) is 11.8 Å². The lowest BCUT2D eigenvalue weighted by molar-refractivity contribution is -0.255. The fourth-order valence-electron chi connectivity index (χ4n) is 3.97. The van der Waals surface area contributed by atoms with Crippen molar-refractivity contribution in [2.45, 2.75) is 83.2 Å². The number of halogens is 8. The Hall–Kier alpha value is -1.54. The first-order valence-electron chi connectivity index (χ1n) is 10.2. The fourth-order valence-corrected chi connectivity index (χ4v) is 3.97. The molecule has 1 saturated carbocycles. The van der Waals surface area contributed by atoms with E-state index in [0.717, 1.165) is 25.7 Å². The predicted octanol–water partition coefficient (Wildman–Crippen LogP) is 7.77. The third-order valence-corrected chi connectivity index (χ3v) is 5.65. The Balaban J connectivity index is 2.01. The van der Waals surface area contributed by atoms with Crippen molar-refractivity contribution in [3.8, 4) is 5.75 Å². The number of rotatable bonds is 10. The van der Waals surface area contributed by atoms with Crippen LogP contribution >= 0.6 is 0 Å². The molecule has 1 aliphatic rings. The molecule has 0 radical (unpaired) electrons. The summed E-state index contributed by atoms with van der Waals surface area (Å²) in [7, 11) is 0. The van der Waals surface area contributed by atoms with Gasteiger partial charge in [0.25, 0.3) is 5.92 Å². The van der Waals surface area contributed by atoms with Gasteiger partial charge in [0.1, 0.15) is 0 Å². The Kier molecular flexibility index (Phi) is 8.39.